The van der Waals surface area contributed by atoms with Gasteiger partial charge in [0.25, 0.3) is 0 Å². The van der Waals surface area contributed by atoms with Crippen LogP contribution in [0.1, 0.15) is 63.5 Å². The van der Waals surface area contributed by atoms with Gasteiger partial charge in [-0.15, -0.1) is 0 Å². The van der Waals surface area contributed by atoms with E-state index in [1.807, 2.05) is 11.8 Å². The van der Waals surface area contributed by atoms with Crippen LogP contribution in [0.5, 0.6) is 0 Å². The van der Waals surface area contributed by atoms with Crippen molar-refractivity contribution in [2.75, 3.05) is 17.6 Å². The van der Waals surface area contributed by atoms with Crippen molar-refractivity contribution in [2.45, 2.75) is 65.0 Å². The van der Waals surface area contributed by atoms with Crippen molar-refractivity contribution in [2.24, 2.45) is 5.92 Å². The van der Waals surface area contributed by atoms with Crippen LogP contribution in [0, 0.1) is 5.92 Å². The quantitative estimate of drug-likeness (QED) is 0.755. The van der Waals surface area contributed by atoms with Crippen molar-refractivity contribution in [1.82, 2.24) is 9.97 Å². The second-order valence-electron chi connectivity index (χ2n) is 6.31. The Hall–Kier alpha value is -0.770. The lowest BCUT2D eigenvalue weighted by atomic mass is 10.1. The summed E-state index contributed by atoms with van der Waals surface area (Å²) < 4.78 is 0. The summed E-state index contributed by atoms with van der Waals surface area (Å²) in [6.07, 6.45) is 7.27. The molecule has 0 spiro atoms. The minimum atomic E-state index is 0.730. The Kier molecular flexibility index (Phi) is 6.81. The Balaban J connectivity index is 2.15. The number of nitrogens with zero attached hydrogens (tertiary/aromatic N) is 2. The Bertz CT molecular complexity index is 446. The topological polar surface area (TPSA) is 37.8 Å². The first-order valence-electron chi connectivity index (χ1n) is 8.41. The Labute approximate surface area is 133 Å². The Morgan fingerprint density at radius 1 is 1.14 bits per heavy atom. The number of aromatic nitrogens is 2. The standard InChI is InChI=1S/C17H29N3S/c1-4-10-18-17-14-8-6-5-7-9-15(14)19-16(20-17)12-21-11-13(2)3/h13H,4-12H2,1-3H3,(H,18,19,20). The summed E-state index contributed by atoms with van der Waals surface area (Å²) in [4.78, 5) is 9.69. The van der Waals surface area contributed by atoms with Gasteiger partial charge in [-0.3, -0.25) is 0 Å². The molecule has 0 saturated carbocycles. The maximum Gasteiger partial charge on any atom is 0.140 e. The van der Waals surface area contributed by atoms with E-state index in [2.05, 4.69) is 26.1 Å². The number of anilines is 1. The van der Waals surface area contributed by atoms with Crippen molar-refractivity contribution in [3.63, 3.8) is 0 Å². The van der Waals surface area contributed by atoms with Crippen LogP contribution in [0.3, 0.4) is 0 Å². The Morgan fingerprint density at radius 2 is 1.95 bits per heavy atom. The van der Waals surface area contributed by atoms with Gasteiger partial charge in [-0.05, 0) is 43.8 Å². The van der Waals surface area contributed by atoms with Crippen LogP contribution in [0.15, 0.2) is 0 Å². The number of fused-ring (bicyclic) bond motifs is 1. The van der Waals surface area contributed by atoms with Gasteiger partial charge in [0.05, 0.1) is 5.75 Å². The molecule has 1 aromatic heterocycles. The molecule has 0 aliphatic heterocycles. The minimum Gasteiger partial charge on any atom is -0.370 e. The molecule has 0 saturated heterocycles. The molecule has 0 atom stereocenters. The molecular weight excluding hydrogens is 278 g/mol. The summed E-state index contributed by atoms with van der Waals surface area (Å²) in [5.74, 6) is 4.97. The van der Waals surface area contributed by atoms with Gasteiger partial charge in [0.15, 0.2) is 0 Å². The molecular formula is C17H29N3S. The predicted molar refractivity (Wildman–Crippen MR) is 93.1 cm³/mol. The summed E-state index contributed by atoms with van der Waals surface area (Å²) >= 11 is 1.95. The zero-order valence-corrected chi connectivity index (χ0v) is 14.6. The van der Waals surface area contributed by atoms with Crippen molar-refractivity contribution in [3.05, 3.63) is 17.1 Å². The summed E-state index contributed by atoms with van der Waals surface area (Å²) in [5, 5.41) is 3.53. The van der Waals surface area contributed by atoms with Gasteiger partial charge in [0.2, 0.25) is 0 Å². The SMILES string of the molecule is CCCNc1nc(CSCC(C)C)nc2c1CCCCC2. The molecule has 0 aromatic carbocycles. The van der Waals surface area contributed by atoms with Crippen molar-refractivity contribution < 1.29 is 0 Å². The zero-order chi connectivity index (χ0) is 15.1. The summed E-state index contributed by atoms with van der Waals surface area (Å²) in [6.45, 7) is 7.73. The van der Waals surface area contributed by atoms with Gasteiger partial charge in [-0.1, -0.05) is 27.2 Å². The van der Waals surface area contributed by atoms with E-state index in [1.54, 1.807) is 0 Å². The molecule has 0 radical (unpaired) electrons. The van der Waals surface area contributed by atoms with Crippen LogP contribution in [0.4, 0.5) is 5.82 Å². The molecule has 4 heteroatoms. The van der Waals surface area contributed by atoms with Gasteiger partial charge >= 0.3 is 0 Å². The third-order valence-electron chi connectivity index (χ3n) is 3.70. The van der Waals surface area contributed by atoms with Crippen LogP contribution in [-0.4, -0.2) is 22.3 Å². The summed E-state index contributed by atoms with van der Waals surface area (Å²) in [5.41, 5.74) is 2.69. The second kappa shape index (κ2) is 8.62. The number of rotatable bonds is 7. The average molecular weight is 308 g/mol. The maximum atomic E-state index is 4.87. The number of hydrogen-bond acceptors (Lipinski definition) is 4. The van der Waals surface area contributed by atoms with Crippen molar-refractivity contribution in [3.8, 4) is 0 Å². The fourth-order valence-electron chi connectivity index (χ4n) is 2.66. The normalized spacial score (nSPS) is 14.9. The van der Waals surface area contributed by atoms with Crippen molar-refractivity contribution in [1.29, 1.82) is 0 Å². The monoisotopic (exact) mass is 307 g/mol. The highest BCUT2D eigenvalue weighted by Gasteiger charge is 2.16. The molecule has 1 aromatic rings. The lowest BCUT2D eigenvalue weighted by Gasteiger charge is -2.14. The van der Waals surface area contributed by atoms with E-state index in [1.165, 1.54) is 36.3 Å². The lowest BCUT2D eigenvalue weighted by molar-refractivity contribution is 0.708. The molecule has 2 rings (SSSR count). The molecule has 1 N–H and O–H groups in total. The van der Waals surface area contributed by atoms with Gasteiger partial charge < -0.3 is 5.32 Å². The highest BCUT2D eigenvalue weighted by atomic mass is 32.2. The van der Waals surface area contributed by atoms with E-state index in [0.717, 1.165) is 49.1 Å². The summed E-state index contributed by atoms with van der Waals surface area (Å²) in [7, 11) is 0. The molecule has 0 bridgehead atoms. The first-order valence-corrected chi connectivity index (χ1v) is 9.56. The second-order valence-corrected chi connectivity index (χ2v) is 7.34. The molecule has 1 aliphatic rings. The van der Waals surface area contributed by atoms with E-state index in [0.29, 0.717) is 0 Å². The van der Waals surface area contributed by atoms with E-state index < -0.39 is 0 Å². The first-order chi connectivity index (χ1) is 10.2. The minimum absolute atomic E-state index is 0.730. The fraction of sp³-hybridized carbons (Fsp3) is 0.765. The molecule has 0 unspecified atom stereocenters. The smallest absolute Gasteiger partial charge is 0.140 e. The third kappa shape index (κ3) is 5.17. The van der Waals surface area contributed by atoms with Gasteiger partial charge in [0, 0.05) is 17.8 Å². The molecule has 21 heavy (non-hydrogen) atoms. The largest absolute Gasteiger partial charge is 0.370 e. The third-order valence-corrected chi connectivity index (χ3v) is 5.07. The Morgan fingerprint density at radius 3 is 2.71 bits per heavy atom. The lowest BCUT2D eigenvalue weighted by Crippen LogP contribution is -2.11. The zero-order valence-electron chi connectivity index (χ0n) is 13.7. The van der Waals surface area contributed by atoms with E-state index in [9.17, 15) is 0 Å². The molecule has 3 nitrogen and oxygen atoms in total. The van der Waals surface area contributed by atoms with E-state index in [4.69, 9.17) is 9.97 Å². The van der Waals surface area contributed by atoms with Gasteiger partial charge in [0.1, 0.15) is 11.6 Å². The predicted octanol–water partition coefficient (Wildman–Crippen LogP) is 4.46. The number of hydrogen-bond donors (Lipinski definition) is 1. The van der Waals surface area contributed by atoms with Crippen LogP contribution < -0.4 is 5.32 Å². The molecule has 1 heterocycles. The first kappa shape index (κ1) is 16.6. The van der Waals surface area contributed by atoms with E-state index >= 15 is 0 Å². The molecule has 118 valence electrons. The highest BCUT2D eigenvalue weighted by molar-refractivity contribution is 7.98. The highest BCUT2D eigenvalue weighted by Crippen LogP contribution is 2.26. The number of aryl methyl sites for hydroxylation is 1. The van der Waals surface area contributed by atoms with Gasteiger partial charge in [-0.2, -0.15) is 11.8 Å². The van der Waals surface area contributed by atoms with Gasteiger partial charge in [-0.25, -0.2) is 9.97 Å². The molecule has 1 aliphatic carbocycles. The maximum absolute atomic E-state index is 4.87. The van der Waals surface area contributed by atoms with Crippen molar-refractivity contribution >= 4 is 17.6 Å². The van der Waals surface area contributed by atoms with Crippen LogP contribution >= 0.6 is 11.8 Å². The number of thioether (sulfide) groups is 1. The van der Waals surface area contributed by atoms with Crippen LogP contribution in [-0.2, 0) is 18.6 Å². The summed E-state index contributed by atoms with van der Waals surface area (Å²) in [6, 6.07) is 0. The fourth-order valence-corrected chi connectivity index (χ4v) is 3.56. The molecule has 0 fully saturated rings. The number of nitrogens with one attached hydrogen (secondary N) is 1. The average Bonchev–Trinajstić information content (AvgIpc) is 2.69. The molecule has 0 amide bonds. The van der Waals surface area contributed by atoms with E-state index in [-0.39, 0.29) is 0 Å². The van der Waals surface area contributed by atoms with Crippen LogP contribution in [0.25, 0.3) is 0 Å². The van der Waals surface area contributed by atoms with Crippen LogP contribution in [0.2, 0.25) is 0 Å².